The molecule has 10 unspecified atom stereocenters. The standard InChI is InChI=1S/C17H26O2S/c1-8-9(2)12-5-11(8)16-13-6-14(17(12)16)15-7-20(18,19)4-3-10(13)15/h8-17H,3-7H2,1-2H3. The molecule has 0 aromatic heterocycles. The molecule has 0 spiro atoms. The third kappa shape index (κ3) is 1.30. The van der Waals surface area contributed by atoms with Crippen LogP contribution in [0.15, 0.2) is 0 Å². The first-order valence-corrected chi connectivity index (χ1v) is 10.5. The Morgan fingerprint density at radius 1 is 0.750 bits per heavy atom. The van der Waals surface area contributed by atoms with E-state index < -0.39 is 9.84 Å². The molecule has 2 nitrogen and oxygen atoms in total. The Balaban J connectivity index is 1.52. The molecule has 0 aromatic rings. The lowest BCUT2D eigenvalue weighted by Gasteiger charge is -2.48. The fourth-order valence-electron chi connectivity index (χ4n) is 7.87. The lowest BCUT2D eigenvalue weighted by Crippen LogP contribution is -2.46. The van der Waals surface area contributed by atoms with Gasteiger partial charge in [-0.15, -0.1) is 0 Å². The first kappa shape index (κ1) is 12.5. The van der Waals surface area contributed by atoms with Gasteiger partial charge in [0.15, 0.2) is 9.84 Å². The Kier molecular flexibility index (Phi) is 2.27. The van der Waals surface area contributed by atoms with E-state index in [1.165, 1.54) is 12.8 Å². The van der Waals surface area contributed by atoms with Crippen LogP contribution >= 0.6 is 0 Å². The van der Waals surface area contributed by atoms with Crippen LogP contribution in [0.25, 0.3) is 0 Å². The second-order valence-corrected chi connectivity index (χ2v) is 11.0. The van der Waals surface area contributed by atoms with Gasteiger partial charge in [-0.2, -0.15) is 0 Å². The highest BCUT2D eigenvalue weighted by Crippen LogP contribution is 2.73. The molecule has 112 valence electrons. The minimum atomic E-state index is -2.73. The van der Waals surface area contributed by atoms with Gasteiger partial charge in [0.2, 0.25) is 0 Å². The Morgan fingerprint density at radius 3 is 1.95 bits per heavy atom. The molecule has 5 aliphatic rings. The summed E-state index contributed by atoms with van der Waals surface area (Å²) < 4.78 is 24.1. The van der Waals surface area contributed by atoms with Crippen molar-refractivity contribution in [2.24, 2.45) is 59.2 Å². The molecule has 20 heavy (non-hydrogen) atoms. The Hall–Kier alpha value is -0.0500. The van der Waals surface area contributed by atoms with Crippen LogP contribution < -0.4 is 0 Å². The van der Waals surface area contributed by atoms with E-state index in [-0.39, 0.29) is 0 Å². The van der Waals surface area contributed by atoms with E-state index in [2.05, 4.69) is 13.8 Å². The molecular weight excluding hydrogens is 268 g/mol. The van der Waals surface area contributed by atoms with Crippen molar-refractivity contribution in [3.05, 3.63) is 0 Å². The van der Waals surface area contributed by atoms with Crippen LogP contribution in [-0.2, 0) is 9.84 Å². The van der Waals surface area contributed by atoms with Crippen molar-refractivity contribution in [3.63, 3.8) is 0 Å². The summed E-state index contributed by atoms with van der Waals surface area (Å²) in [5.41, 5.74) is 0. The zero-order valence-corrected chi connectivity index (χ0v) is 13.4. The average molecular weight is 294 g/mol. The van der Waals surface area contributed by atoms with Gasteiger partial charge in [-0.1, -0.05) is 13.8 Å². The molecule has 0 aromatic carbocycles. The lowest BCUT2D eigenvalue weighted by molar-refractivity contribution is 0.0166. The maximum atomic E-state index is 12.0. The van der Waals surface area contributed by atoms with E-state index >= 15 is 0 Å². The van der Waals surface area contributed by atoms with Gasteiger partial charge in [-0.05, 0) is 78.4 Å². The molecule has 0 radical (unpaired) electrons. The number of sulfone groups is 1. The van der Waals surface area contributed by atoms with E-state index in [9.17, 15) is 8.42 Å². The van der Waals surface area contributed by atoms with Crippen LogP contribution in [0, 0.1) is 59.2 Å². The number of fused-ring (bicyclic) bond motifs is 12. The predicted octanol–water partition coefficient (Wildman–Crippen LogP) is 2.84. The highest BCUT2D eigenvalue weighted by molar-refractivity contribution is 7.91. The minimum Gasteiger partial charge on any atom is -0.229 e. The SMILES string of the molecule is CC1C(C)C2CC1C1C3CC(C4CS(=O)(=O)CCC43)C21. The predicted molar refractivity (Wildman–Crippen MR) is 78.8 cm³/mol. The maximum absolute atomic E-state index is 12.0. The summed E-state index contributed by atoms with van der Waals surface area (Å²) in [6, 6.07) is 0. The van der Waals surface area contributed by atoms with Crippen LogP contribution in [0.4, 0.5) is 0 Å². The monoisotopic (exact) mass is 294 g/mol. The van der Waals surface area contributed by atoms with Gasteiger partial charge in [-0.25, -0.2) is 8.42 Å². The molecular formula is C17H26O2S. The van der Waals surface area contributed by atoms with Crippen molar-refractivity contribution in [1.29, 1.82) is 0 Å². The molecule has 5 fully saturated rings. The van der Waals surface area contributed by atoms with Crippen molar-refractivity contribution in [1.82, 2.24) is 0 Å². The summed E-state index contributed by atoms with van der Waals surface area (Å²) in [5, 5.41) is 0. The van der Waals surface area contributed by atoms with Crippen molar-refractivity contribution in [3.8, 4) is 0 Å². The molecule has 1 heterocycles. The van der Waals surface area contributed by atoms with Crippen molar-refractivity contribution >= 4 is 9.84 Å². The quantitative estimate of drug-likeness (QED) is 0.644. The zero-order valence-electron chi connectivity index (χ0n) is 12.5. The van der Waals surface area contributed by atoms with E-state index in [0.717, 1.165) is 59.7 Å². The summed E-state index contributed by atoms with van der Waals surface area (Å²) >= 11 is 0. The highest BCUT2D eigenvalue weighted by atomic mass is 32.2. The van der Waals surface area contributed by atoms with Crippen LogP contribution in [0.3, 0.4) is 0 Å². The molecule has 0 amide bonds. The second-order valence-electron chi connectivity index (χ2n) is 8.73. The maximum Gasteiger partial charge on any atom is 0.150 e. The summed E-state index contributed by atoms with van der Waals surface area (Å²) in [4.78, 5) is 0. The zero-order chi connectivity index (χ0) is 13.8. The van der Waals surface area contributed by atoms with E-state index in [1.54, 1.807) is 0 Å². The van der Waals surface area contributed by atoms with Crippen molar-refractivity contribution < 1.29 is 8.42 Å². The van der Waals surface area contributed by atoms with Gasteiger partial charge >= 0.3 is 0 Å². The summed E-state index contributed by atoms with van der Waals surface area (Å²) in [6.45, 7) is 4.95. The van der Waals surface area contributed by atoms with Crippen molar-refractivity contribution in [2.75, 3.05) is 11.5 Å². The largest absolute Gasteiger partial charge is 0.229 e. The van der Waals surface area contributed by atoms with Gasteiger partial charge in [0.25, 0.3) is 0 Å². The molecule has 1 saturated heterocycles. The number of hydrogen-bond donors (Lipinski definition) is 0. The topological polar surface area (TPSA) is 34.1 Å². The second kappa shape index (κ2) is 3.64. The third-order valence-corrected chi connectivity index (χ3v) is 10.3. The van der Waals surface area contributed by atoms with Gasteiger partial charge in [0.1, 0.15) is 0 Å². The third-order valence-electron chi connectivity index (χ3n) is 8.55. The molecule has 4 aliphatic carbocycles. The summed E-state index contributed by atoms with van der Waals surface area (Å²) in [5.74, 6) is 9.61. The smallest absolute Gasteiger partial charge is 0.150 e. The molecule has 4 bridgehead atoms. The number of rotatable bonds is 0. The fourth-order valence-corrected chi connectivity index (χ4v) is 9.75. The summed E-state index contributed by atoms with van der Waals surface area (Å²) in [6.07, 6.45) is 3.84. The van der Waals surface area contributed by atoms with E-state index in [4.69, 9.17) is 0 Å². The van der Waals surface area contributed by atoms with Gasteiger partial charge in [0, 0.05) is 0 Å². The first-order valence-electron chi connectivity index (χ1n) is 8.68. The van der Waals surface area contributed by atoms with E-state index in [0.29, 0.717) is 17.4 Å². The Bertz CT molecular complexity index is 553. The molecule has 3 heteroatoms. The molecule has 0 N–H and O–H groups in total. The van der Waals surface area contributed by atoms with Crippen LogP contribution in [0.5, 0.6) is 0 Å². The highest BCUT2D eigenvalue weighted by Gasteiger charge is 2.68. The Labute approximate surface area is 122 Å². The van der Waals surface area contributed by atoms with Crippen LogP contribution in [0.1, 0.15) is 33.1 Å². The minimum absolute atomic E-state index is 0.481. The first-order chi connectivity index (χ1) is 9.48. The average Bonchev–Trinajstić information content (AvgIpc) is 3.07. The number of hydrogen-bond acceptors (Lipinski definition) is 2. The van der Waals surface area contributed by atoms with E-state index in [1.807, 2.05) is 0 Å². The van der Waals surface area contributed by atoms with Crippen LogP contribution in [0.2, 0.25) is 0 Å². The summed E-state index contributed by atoms with van der Waals surface area (Å²) in [7, 11) is -2.73. The Morgan fingerprint density at radius 2 is 1.30 bits per heavy atom. The van der Waals surface area contributed by atoms with Gasteiger partial charge < -0.3 is 0 Å². The normalized spacial score (nSPS) is 65.3. The van der Waals surface area contributed by atoms with Crippen molar-refractivity contribution in [2.45, 2.75) is 33.1 Å². The van der Waals surface area contributed by atoms with Gasteiger partial charge in [-0.3, -0.25) is 0 Å². The molecule has 5 rings (SSSR count). The van der Waals surface area contributed by atoms with Gasteiger partial charge in [0.05, 0.1) is 11.5 Å². The fraction of sp³-hybridized carbons (Fsp3) is 1.00. The molecule has 10 atom stereocenters. The van der Waals surface area contributed by atoms with Crippen LogP contribution in [-0.4, -0.2) is 19.9 Å². The lowest BCUT2D eigenvalue weighted by atomic mass is 9.59. The molecule has 1 aliphatic heterocycles. The molecule has 4 saturated carbocycles.